The van der Waals surface area contributed by atoms with Crippen molar-refractivity contribution in [3.63, 3.8) is 0 Å². The van der Waals surface area contributed by atoms with Crippen LogP contribution in [0.15, 0.2) is 180 Å². The number of nitriles is 1. The van der Waals surface area contributed by atoms with Gasteiger partial charge >= 0.3 is 0 Å². The normalized spacial score (nSPS) is 12.6. The first-order valence-corrected chi connectivity index (χ1v) is 20.0. The first-order valence-electron chi connectivity index (χ1n) is 20.0. The van der Waals surface area contributed by atoms with Crippen LogP contribution in [0.25, 0.3) is 101 Å². The molecule has 282 valence electrons. The van der Waals surface area contributed by atoms with Crippen LogP contribution in [0.2, 0.25) is 0 Å². The predicted molar refractivity (Wildman–Crippen MR) is 240 cm³/mol. The van der Waals surface area contributed by atoms with Crippen molar-refractivity contribution in [1.82, 2.24) is 19.9 Å². The summed E-state index contributed by atoms with van der Waals surface area (Å²) in [5.41, 5.74) is 16.3. The molecule has 0 spiro atoms. The standard InChI is InChI=1S/C54H35N5O/c1-54(2)46-25-33(31-55)17-23-43(46)44-24-22-38(29-47(44)54)39-26-40(42-30-49-50(56-32-42)45-15-9-10-16-48(45)60-49)28-41(27-39)53-58-51(36-13-7-4-8-14-36)57-52(59-53)37-20-18-35(19-21-37)34-11-5-3-6-12-34/h3-30,32H,1-2H3. The van der Waals surface area contributed by atoms with Gasteiger partial charge in [-0.3, -0.25) is 4.98 Å². The van der Waals surface area contributed by atoms with Crippen molar-refractivity contribution < 1.29 is 4.42 Å². The number of furan rings is 1. The molecule has 0 aliphatic heterocycles. The molecule has 60 heavy (non-hydrogen) atoms. The number of benzene rings is 7. The van der Waals surface area contributed by atoms with E-state index in [4.69, 9.17) is 24.4 Å². The molecule has 0 N–H and O–H groups in total. The van der Waals surface area contributed by atoms with E-state index in [1.807, 2.05) is 79.0 Å². The Balaban J connectivity index is 1.10. The van der Waals surface area contributed by atoms with Crippen LogP contribution in [0.5, 0.6) is 0 Å². The summed E-state index contributed by atoms with van der Waals surface area (Å²) in [7, 11) is 0. The van der Waals surface area contributed by atoms with E-state index in [1.54, 1.807) is 0 Å². The lowest BCUT2D eigenvalue weighted by Gasteiger charge is -2.22. The molecule has 0 saturated heterocycles. The second-order valence-electron chi connectivity index (χ2n) is 15.8. The van der Waals surface area contributed by atoms with Gasteiger partial charge in [0.15, 0.2) is 23.1 Å². The third kappa shape index (κ3) is 5.95. The number of nitrogens with zero attached hydrogens (tertiary/aromatic N) is 5. The Kier molecular flexibility index (Phi) is 8.11. The zero-order valence-corrected chi connectivity index (χ0v) is 32.9. The third-order valence-electron chi connectivity index (χ3n) is 11.8. The predicted octanol–water partition coefficient (Wildman–Crippen LogP) is 13.3. The maximum absolute atomic E-state index is 9.73. The zero-order chi connectivity index (χ0) is 40.4. The summed E-state index contributed by atoms with van der Waals surface area (Å²) >= 11 is 0. The maximum Gasteiger partial charge on any atom is 0.164 e. The van der Waals surface area contributed by atoms with Crippen LogP contribution in [-0.2, 0) is 5.41 Å². The quantitative estimate of drug-likeness (QED) is 0.167. The van der Waals surface area contributed by atoms with Gasteiger partial charge in [0.25, 0.3) is 0 Å². The van der Waals surface area contributed by atoms with Gasteiger partial charge in [-0.2, -0.15) is 5.26 Å². The highest BCUT2D eigenvalue weighted by Gasteiger charge is 2.36. The molecule has 0 bridgehead atoms. The Morgan fingerprint density at radius 2 is 0.983 bits per heavy atom. The zero-order valence-electron chi connectivity index (χ0n) is 32.9. The minimum absolute atomic E-state index is 0.298. The summed E-state index contributed by atoms with van der Waals surface area (Å²) in [6, 6.07) is 60.5. The maximum atomic E-state index is 9.73. The molecule has 0 radical (unpaired) electrons. The molecule has 7 aromatic carbocycles. The second-order valence-corrected chi connectivity index (χ2v) is 15.8. The van der Waals surface area contributed by atoms with E-state index in [2.05, 4.69) is 117 Å². The first kappa shape index (κ1) is 35.2. The molecule has 3 heterocycles. The molecule has 0 saturated carbocycles. The van der Waals surface area contributed by atoms with E-state index in [0.717, 1.165) is 77.7 Å². The SMILES string of the molecule is CC1(C)c2cc(C#N)ccc2-c2ccc(-c3cc(-c4cnc5c(c4)oc4ccccc45)cc(-c4nc(-c5ccccc5)nc(-c5ccc(-c6ccccc6)cc5)n4)c3)cc21. The van der Waals surface area contributed by atoms with Crippen LogP contribution in [0, 0.1) is 11.3 Å². The monoisotopic (exact) mass is 769 g/mol. The Morgan fingerprint density at radius 1 is 0.450 bits per heavy atom. The largest absolute Gasteiger partial charge is 0.454 e. The fourth-order valence-electron chi connectivity index (χ4n) is 8.62. The minimum Gasteiger partial charge on any atom is -0.454 e. The Labute approximate surface area is 347 Å². The first-order chi connectivity index (χ1) is 29.4. The van der Waals surface area contributed by atoms with E-state index in [1.165, 1.54) is 16.7 Å². The van der Waals surface area contributed by atoms with Gasteiger partial charge in [-0.05, 0) is 105 Å². The highest BCUT2D eigenvalue weighted by atomic mass is 16.3. The van der Waals surface area contributed by atoms with Crippen LogP contribution in [-0.4, -0.2) is 19.9 Å². The van der Waals surface area contributed by atoms with Crippen LogP contribution in [0.1, 0.15) is 30.5 Å². The summed E-state index contributed by atoms with van der Waals surface area (Å²) in [6.07, 6.45) is 1.92. The van der Waals surface area contributed by atoms with E-state index in [9.17, 15) is 5.26 Å². The highest BCUT2D eigenvalue weighted by Crippen LogP contribution is 2.50. The average Bonchev–Trinajstić information content (AvgIpc) is 3.79. The summed E-state index contributed by atoms with van der Waals surface area (Å²) < 4.78 is 6.32. The lowest BCUT2D eigenvalue weighted by atomic mass is 9.81. The van der Waals surface area contributed by atoms with Gasteiger partial charge in [0.2, 0.25) is 0 Å². The van der Waals surface area contributed by atoms with E-state index < -0.39 is 0 Å². The van der Waals surface area contributed by atoms with Gasteiger partial charge in [-0.25, -0.2) is 15.0 Å². The number of fused-ring (bicyclic) bond motifs is 6. The van der Waals surface area contributed by atoms with Crippen LogP contribution < -0.4 is 0 Å². The number of pyridine rings is 1. The molecule has 3 aromatic heterocycles. The molecule has 0 amide bonds. The fraction of sp³-hybridized carbons (Fsp3) is 0.0556. The molecular formula is C54H35N5O. The lowest BCUT2D eigenvalue weighted by molar-refractivity contribution is 0.660. The van der Waals surface area contributed by atoms with Gasteiger partial charge < -0.3 is 4.42 Å². The Bertz CT molecular complexity index is 3340. The van der Waals surface area contributed by atoms with Gasteiger partial charge in [0, 0.05) is 39.3 Å². The molecule has 1 aliphatic rings. The van der Waals surface area contributed by atoms with Crippen molar-refractivity contribution in [2.24, 2.45) is 0 Å². The van der Waals surface area contributed by atoms with Crippen molar-refractivity contribution in [3.05, 3.63) is 193 Å². The van der Waals surface area contributed by atoms with Gasteiger partial charge in [-0.15, -0.1) is 0 Å². The van der Waals surface area contributed by atoms with Crippen LogP contribution >= 0.6 is 0 Å². The Hall–Kier alpha value is -8.01. The van der Waals surface area contributed by atoms with Crippen LogP contribution in [0.3, 0.4) is 0 Å². The van der Waals surface area contributed by atoms with E-state index in [-0.39, 0.29) is 5.41 Å². The van der Waals surface area contributed by atoms with Crippen molar-refractivity contribution in [2.45, 2.75) is 19.3 Å². The number of aromatic nitrogens is 4. The summed E-state index contributed by atoms with van der Waals surface area (Å²) in [5.74, 6) is 1.74. The number of rotatable bonds is 6. The van der Waals surface area contributed by atoms with Crippen molar-refractivity contribution in [3.8, 4) is 84.7 Å². The van der Waals surface area contributed by atoms with Gasteiger partial charge in [-0.1, -0.05) is 129 Å². The number of hydrogen-bond donors (Lipinski definition) is 0. The smallest absolute Gasteiger partial charge is 0.164 e. The number of hydrogen-bond acceptors (Lipinski definition) is 6. The molecule has 10 aromatic rings. The molecule has 11 rings (SSSR count). The van der Waals surface area contributed by atoms with Gasteiger partial charge in [0.05, 0.1) is 11.6 Å². The summed E-state index contributed by atoms with van der Waals surface area (Å²) in [5, 5.41) is 10.7. The minimum atomic E-state index is -0.298. The molecule has 6 heteroatoms. The van der Waals surface area contributed by atoms with E-state index >= 15 is 0 Å². The van der Waals surface area contributed by atoms with E-state index in [0.29, 0.717) is 23.0 Å². The van der Waals surface area contributed by atoms with Crippen molar-refractivity contribution >= 4 is 22.1 Å². The number of para-hydroxylation sites is 1. The Morgan fingerprint density at radius 3 is 1.70 bits per heavy atom. The lowest BCUT2D eigenvalue weighted by Crippen LogP contribution is -2.15. The van der Waals surface area contributed by atoms with Crippen molar-refractivity contribution in [1.29, 1.82) is 5.26 Å². The molecular weight excluding hydrogens is 735 g/mol. The van der Waals surface area contributed by atoms with Crippen LogP contribution in [0.4, 0.5) is 0 Å². The average molecular weight is 770 g/mol. The summed E-state index contributed by atoms with van der Waals surface area (Å²) in [6.45, 7) is 4.48. The second kappa shape index (κ2) is 13.8. The topological polar surface area (TPSA) is 88.5 Å². The third-order valence-corrected chi connectivity index (χ3v) is 11.8. The fourth-order valence-corrected chi connectivity index (χ4v) is 8.62. The molecule has 0 fully saturated rings. The highest BCUT2D eigenvalue weighted by molar-refractivity contribution is 6.03. The molecule has 0 unspecified atom stereocenters. The molecule has 0 atom stereocenters. The van der Waals surface area contributed by atoms with Crippen molar-refractivity contribution in [2.75, 3.05) is 0 Å². The summed E-state index contributed by atoms with van der Waals surface area (Å²) in [4.78, 5) is 20.3. The molecule has 6 nitrogen and oxygen atoms in total. The van der Waals surface area contributed by atoms with Gasteiger partial charge in [0.1, 0.15) is 11.1 Å². The molecule has 1 aliphatic carbocycles.